The van der Waals surface area contributed by atoms with E-state index in [9.17, 15) is 13.2 Å². The normalized spacial score (nSPS) is 17.4. The van der Waals surface area contributed by atoms with Gasteiger partial charge in [-0.05, 0) is 44.4 Å². The molecule has 0 aromatic carbocycles. The summed E-state index contributed by atoms with van der Waals surface area (Å²) >= 11 is 0. The van der Waals surface area contributed by atoms with Gasteiger partial charge in [0.1, 0.15) is 5.82 Å². The second-order valence-electron chi connectivity index (χ2n) is 7.67. The molecule has 0 aliphatic carbocycles. The van der Waals surface area contributed by atoms with Crippen molar-refractivity contribution in [2.24, 2.45) is 5.92 Å². The largest absolute Gasteiger partial charge is 0.434 e. The van der Waals surface area contributed by atoms with E-state index in [1.165, 1.54) is 0 Å². The Hall–Kier alpha value is -2.42. The molecule has 1 aliphatic rings. The number of rotatable bonds is 5. The number of hydrogen-bond acceptors (Lipinski definition) is 4. The van der Waals surface area contributed by atoms with E-state index in [0.29, 0.717) is 25.3 Å². The number of fused-ring (bicyclic) bond motifs is 2. The van der Waals surface area contributed by atoms with Gasteiger partial charge in [-0.1, -0.05) is 0 Å². The Morgan fingerprint density at radius 3 is 2.86 bits per heavy atom. The highest BCUT2D eigenvalue weighted by Crippen LogP contribution is 2.30. The molecule has 0 bridgehead atoms. The fourth-order valence-corrected chi connectivity index (χ4v) is 3.70. The van der Waals surface area contributed by atoms with E-state index in [2.05, 4.69) is 40.3 Å². The molecule has 1 N–H and O–H groups in total. The number of imidazole rings is 1. The maximum atomic E-state index is 12.8. The van der Waals surface area contributed by atoms with Gasteiger partial charge in [-0.15, -0.1) is 0 Å². The predicted octanol–water partition coefficient (Wildman–Crippen LogP) is 3.58. The highest BCUT2D eigenvalue weighted by atomic mass is 19.4. The summed E-state index contributed by atoms with van der Waals surface area (Å²) in [7, 11) is 0. The van der Waals surface area contributed by atoms with Gasteiger partial charge in [0, 0.05) is 43.3 Å². The Balaban J connectivity index is 1.34. The van der Waals surface area contributed by atoms with Gasteiger partial charge in [0.05, 0.1) is 6.20 Å². The van der Waals surface area contributed by atoms with Crippen LogP contribution in [0.2, 0.25) is 0 Å². The minimum atomic E-state index is -4.38. The Bertz CT molecular complexity index is 972. The van der Waals surface area contributed by atoms with Crippen molar-refractivity contribution in [1.29, 1.82) is 0 Å². The topological polar surface area (TPSA) is 60.6 Å². The van der Waals surface area contributed by atoms with Crippen LogP contribution in [0.15, 0.2) is 24.7 Å². The van der Waals surface area contributed by atoms with Crippen LogP contribution in [0.1, 0.15) is 43.4 Å². The van der Waals surface area contributed by atoms with E-state index in [0.717, 1.165) is 35.8 Å². The van der Waals surface area contributed by atoms with E-state index in [1.807, 2.05) is 17.1 Å². The van der Waals surface area contributed by atoms with Crippen molar-refractivity contribution >= 4 is 11.0 Å². The lowest BCUT2D eigenvalue weighted by Gasteiger charge is -2.24. The fourth-order valence-electron chi connectivity index (χ4n) is 3.70. The molecule has 0 saturated carbocycles. The zero-order valence-electron chi connectivity index (χ0n) is 15.9. The first-order valence-electron chi connectivity index (χ1n) is 9.47. The maximum Gasteiger partial charge on any atom is 0.434 e. The first-order valence-corrected chi connectivity index (χ1v) is 9.47. The lowest BCUT2D eigenvalue weighted by molar-refractivity contribution is -0.141. The summed E-state index contributed by atoms with van der Waals surface area (Å²) in [5, 5.41) is 8.79. The number of nitrogens with one attached hydrogen (secondary N) is 1. The number of nitrogens with zero attached hydrogens (tertiary/aromatic N) is 5. The summed E-state index contributed by atoms with van der Waals surface area (Å²) in [5.74, 6) is 0.809. The third-order valence-electron chi connectivity index (χ3n) is 5.12. The molecule has 0 radical (unpaired) electrons. The summed E-state index contributed by atoms with van der Waals surface area (Å²) < 4.78 is 42.0. The van der Waals surface area contributed by atoms with Crippen LogP contribution in [0.4, 0.5) is 13.2 Å². The van der Waals surface area contributed by atoms with Gasteiger partial charge in [0.2, 0.25) is 0 Å². The van der Waals surface area contributed by atoms with Gasteiger partial charge < -0.3 is 9.88 Å². The quantitative estimate of drug-likeness (QED) is 0.721. The summed E-state index contributed by atoms with van der Waals surface area (Å²) in [4.78, 5) is 8.25. The first kappa shape index (κ1) is 18.9. The number of hydrogen-bond donors (Lipinski definition) is 1. The molecule has 1 aliphatic heterocycles. The minimum Gasteiger partial charge on any atom is -0.334 e. The van der Waals surface area contributed by atoms with Gasteiger partial charge in [0.15, 0.2) is 11.3 Å². The average molecular weight is 392 g/mol. The lowest BCUT2D eigenvalue weighted by Crippen LogP contribution is -2.29. The molecule has 0 fully saturated rings. The molecular weight excluding hydrogens is 369 g/mol. The van der Waals surface area contributed by atoms with Crippen LogP contribution in [-0.2, 0) is 25.7 Å². The molecular formula is C19H23F3N6. The summed E-state index contributed by atoms with van der Waals surface area (Å²) in [6, 6.07) is 2.33. The third kappa shape index (κ3) is 3.76. The van der Waals surface area contributed by atoms with E-state index in [-0.39, 0.29) is 12.0 Å². The molecule has 0 amide bonds. The second-order valence-corrected chi connectivity index (χ2v) is 7.67. The van der Waals surface area contributed by atoms with Crippen LogP contribution >= 0.6 is 0 Å². The van der Waals surface area contributed by atoms with Crippen molar-refractivity contribution in [2.75, 3.05) is 6.54 Å². The molecule has 9 heteroatoms. The van der Waals surface area contributed by atoms with Gasteiger partial charge in [-0.25, -0.2) is 14.6 Å². The Kier molecular flexibility index (Phi) is 4.86. The average Bonchev–Trinajstić information content (AvgIpc) is 3.24. The summed E-state index contributed by atoms with van der Waals surface area (Å²) in [6.45, 7) is 6.09. The van der Waals surface area contributed by atoms with Crippen LogP contribution in [0.3, 0.4) is 0 Å². The Labute approximate surface area is 160 Å². The fraction of sp³-hybridized carbons (Fsp3) is 0.526. The first-order chi connectivity index (χ1) is 13.3. The van der Waals surface area contributed by atoms with Gasteiger partial charge in [-0.3, -0.25) is 0 Å². The number of pyridine rings is 1. The van der Waals surface area contributed by atoms with Crippen LogP contribution in [0.5, 0.6) is 0 Å². The predicted molar refractivity (Wildman–Crippen MR) is 98.7 cm³/mol. The smallest absolute Gasteiger partial charge is 0.334 e. The molecule has 3 aromatic heterocycles. The zero-order chi connectivity index (χ0) is 19.9. The van der Waals surface area contributed by atoms with Crippen LogP contribution < -0.4 is 5.32 Å². The monoisotopic (exact) mass is 392 g/mol. The Morgan fingerprint density at radius 1 is 1.29 bits per heavy atom. The number of alkyl halides is 3. The molecule has 4 rings (SSSR count). The highest BCUT2D eigenvalue weighted by molar-refractivity contribution is 5.75. The molecule has 0 unspecified atom stereocenters. The molecule has 4 heterocycles. The summed E-state index contributed by atoms with van der Waals surface area (Å²) in [6.07, 6.45) is 1.83. The molecule has 0 spiro atoms. The van der Waals surface area contributed by atoms with Crippen molar-refractivity contribution in [1.82, 2.24) is 29.6 Å². The molecule has 1 atom stereocenters. The van der Waals surface area contributed by atoms with Gasteiger partial charge >= 0.3 is 6.18 Å². The van der Waals surface area contributed by atoms with Gasteiger partial charge in [-0.2, -0.15) is 18.3 Å². The standard InChI is InChI=1S/C19H23F3N6/c1-12(2)28-18-15(9-25-28)5-14(8-24-18)7-23-6-13-3-4-17-26-16(19(20,21)22)11-27(17)10-13/h5,8-9,11-13,23H,3-4,6-7,10H2,1-2H3/t13-/m0/s1. The number of aryl methyl sites for hydroxylation is 1. The number of aromatic nitrogens is 5. The third-order valence-corrected chi connectivity index (χ3v) is 5.12. The van der Waals surface area contributed by atoms with E-state index < -0.39 is 11.9 Å². The highest BCUT2D eigenvalue weighted by Gasteiger charge is 2.35. The van der Waals surface area contributed by atoms with E-state index >= 15 is 0 Å². The van der Waals surface area contributed by atoms with Gasteiger partial charge in [0.25, 0.3) is 0 Å². The molecule has 3 aromatic rings. The minimum absolute atomic E-state index is 0.256. The lowest BCUT2D eigenvalue weighted by atomic mass is 9.99. The van der Waals surface area contributed by atoms with Crippen molar-refractivity contribution in [3.63, 3.8) is 0 Å². The van der Waals surface area contributed by atoms with Crippen molar-refractivity contribution < 1.29 is 13.2 Å². The van der Waals surface area contributed by atoms with Crippen LogP contribution in [-0.4, -0.2) is 30.9 Å². The molecule has 28 heavy (non-hydrogen) atoms. The molecule has 0 saturated heterocycles. The zero-order valence-corrected chi connectivity index (χ0v) is 15.9. The van der Waals surface area contributed by atoms with Crippen LogP contribution in [0.25, 0.3) is 11.0 Å². The van der Waals surface area contributed by atoms with E-state index in [1.54, 1.807) is 4.57 Å². The van der Waals surface area contributed by atoms with E-state index in [4.69, 9.17) is 0 Å². The summed E-state index contributed by atoms with van der Waals surface area (Å²) in [5.41, 5.74) is 1.14. The molecule has 6 nitrogen and oxygen atoms in total. The van der Waals surface area contributed by atoms with Crippen molar-refractivity contribution in [2.45, 2.75) is 52.0 Å². The second kappa shape index (κ2) is 7.20. The SMILES string of the molecule is CC(C)n1ncc2cc(CNC[C@@H]3CCc4nc(C(F)(F)F)cn4C3)cnc21. The molecule has 150 valence electrons. The van der Waals surface area contributed by atoms with Crippen molar-refractivity contribution in [3.05, 3.63) is 41.7 Å². The Morgan fingerprint density at radius 2 is 2.11 bits per heavy atom. The number of halogens is 3. The van der Waals surface area contributed by atoms with Crippen LogP contribution in [0, 0.1) is 5.92 Å². The maximum absolute atomic E-state index is 12.8. The van der Waals surface area contributed by atoms with Crippen molar-refractivity contribution in [3.8, 4) is 0 Å².